The molecule has 5 heteroatoms. The zero-order chi connectivity index (χ0) is 13.1. The van der Waals surface area contributed by atoms with E-state index >= 15 is 0 Å². The summed E-state index contributed by atoms with van der Waals surface area (Å²) in [6.07, 6.45) is -3.39. The highest BCUT2D eigenvalue weighted by atomic mass is 19.4. The van der Waals surface area contributed by atoms with Gasteiger partial charge in [0.1, 0.15) is 0 Å². The Hall–Kier alpha value is -1.23. The van der Waals surface area contributed by atoms with Crippen LogP contribution in [-0.2, 0) is 12.6 Å². The molecule has 0 amide bonds. The Morgan fingerprint density at radius 2 is 1.88 bits per heavy atom. The first-order valence-corrected chi connectivity index (χ1v) is 5.43. The second kappa shape index (κ2) is 5.40. The van der Waals surface area contributed by atoms with Gasteiger partial charge in [-0.1, -0.05) is 0 Å². The van der Waals surface area contributed by atoms with E-state index in [1.54, 1.807) is 25.1 Å². The van der Waals surface area contributed by atoms with Crippen LogP contribution in [0.3, 0.4) is 0 Å². The van der Waals surface area contributed by atoms with Gasteiger partial charge >= 0.3 is 6.18 Å². The summed E-state index contributed by atoms with van der Waals surface area (Å²) < 4.78 is 38.3. The molecule has 0 atom stereocenters. The largest absolute Gasteiger partial charge is 0.416 e. The first-order chi connectivity index (χ1) is 7.86. The smallest absolute Gasteiger partial charge is 0.378 e. The van der Waals surface area contributed by atoms with E-state index in [-0.39, 0.29) is 0 Å². The van der Waals surface area contributed by atoms with Crippen LogP contribution in [0.15, 0.2) is 18.2 Å². The SMILES string of the molecule is CN(C)c1ccc(C(F)(F)F)c(CCCN)c1. The summed E-state index contributed by atoms with van der Waals surface area (Å²) in [7, 11) is 3.60. The fraction of sp³-hybridized carbons (Fsp3) is 0.500. The lowest BCUT2D eigenvalue weighted by Crippen LogP contribution is -2.14. The summed E-state index contributed by atoms with van der Waals surface area (Å²) in [6, 6.07) is 4.20. The minimum Gasteiger partial charge on any atom is -0.378 e. The van der Waals surface area contributed by atoms with Crippen molar-refractivity contribution in [1.82, 2.24) is 0 Å². The number of nitrogens with two attached hydrogens (primary N) is 1. The Labute approximate surface area is 99.2 Å². The third-order valence-electron chi connectivity index (χ3n) is 2.56. The fourth-order valence-electron chi connectivity index (χ4n) is 1.63. The van der Waals surface area contributed by atoms with Crippen LogP contribution < -0.4 is 10.6 Å². The van der Waals surface area contributed by atoms with Crippen molar-refractivity contribution in [3.8, 4) is 0 Å². The molecule has 0 heterocycles. The highest BCUT2D eigenvalue weighted by Gasteiger charge is 2.33. The number of rotatable bonds is 4. The van der Waals surface area contributed by atoms with Gasteiger partial charge in [0.25, 0.3) is 0 Å². The van der Waals surface area contributed by atoms with E-state index in [4.69, 9.17) is 5.73 Å². The summed E-state index contributed by atoms with van der Waals surface area (Å²) in [5.74, 6) is 0. The van der Waals surface area contributed by atoms with Crippen molar-refractivity contribution in [2.24, 2.45) is 5.73 Å². The van der Waals surface area contributed by atoms with Gasteiger partial charge in [-0.25, -0.2) is 0 Å². The molecular weight excluding hydrogens is 229 g/mol. The number of anilines is 1. The van der Waals surface area contributed by atoms with Crippen LogP contribution in [0.1, 0.15) is 17.5 Å². The van der Waals surface area contributed by atoms with Crippen molar-refractivity contribution >= 4 is 5.69 Å². The van der Waals surface area contributed by atoms with E-state index in [2.05, 4.69) is 0 Å². The van der Waals surface area contributed by atoms with Gasteiger partial charge in [0, 0.05) is 19.8 Å². The fourth-order valence-corrected chi connectivity index (χ4v) is 1.63. The van der Waals surface area contributed by atoms with Gasteiger partial charge in [-0.2, -0.15) is 13.2 Å². The van der Waals surface area contributed by atoms with Crippen molar-refractivity contribution in [3.63, 3.8) is 0 Å². The molecule has 2 nitrogen and oxygen atoms in total. The van der Waals surface area contributed by atoms with Gasteiger partial charge in [0.05, 0.1) is 5.56 Å². The lowest BCUT2D eigenvalue weighted by Gasteiger charge is -2.18. The van der Waals surface area contributed by atoms with Crippen LogP contribution in [0.25, 0.3) is 0 Å². The molecule has 17 heavy (non-hydrogen) atoms. The Morgan fingerprint density at radius 3 is 2.35 bits per heavy atom. The topological polar surface area (TPSA) is 29.3 Å². The van der Waals surface area contributed by atoms with Gasteiger partial charge in [-0.15, -0.1) is 0 Å². The van der Waals surface area contributed by atoms with E-state index in [9.17, 15) is 13.2 Å². The highest BCUT2D eigenvalue weighted by molar-refractivity contribution is 5.50. The minimum atomic E-state index is -4.30. The molecule has 0 aliphatic rings. The van der Waals surface area contributed by atoms with Crippen LogP contribution in [0.2, 0.25) is 0 Å². The normalized spacial score (nSPS) is 11.6. The molecule has 0 saturated heterocycles. The van der Waals surface area contributed by atoms with Crippen LogP contribution in [0, 0.1) is 0 Å². The summed E-state index contributed by atoms with van der Waals surface area (Å²) in [5, 5.41) is 0. The van der Waals surface area contributed by atoms with Gasteiger partial charge < -0.3 is 10.6 Å². The van der Waals surface area contributed by atoms with E-state index in [1.165, 1.54) is 6.07 Å². The standard InChI is InChI=1S/C12H17F3N2/c1-17(2)10-5-6-11(12(13,14)15)9(8-10)4-3-7-16/h5-6,8H,3-4,7,16H2,1-2H3. The van der Waals surface area contributed by atoms with Gasteiger partial charge in [0.2, 0.25) is 0 Å². The maximum atomic E-state index is 12.8. The average Bonchev–Trinajstić information content (AvgIpc) is 2.24. The number of nitrogens with zero attached hydrogens (tertiary/aromatic N) is 1. The first kappa shape index (κ1) is 13.8. The van der Waals surface area contributed by atoms with Crippen LogP contribution in [0.4, 0.5) is 18.9 Å². The Bertz CT molecular complexity index is 373. The van der Waals surface area contributed by atoms with Crippen molar-refractivity contribution < 1.29 is 13.2 Å². The van der Waals surface area contributed by atoms with E-state index in [1.807, 2.05) is 0 Å². The molecule has 1 aromatic rings. The van der Waals surface area contributed by atoms with Crippen molar-refractivity contribution in [2.45, 2.75) is 19.0 Å². The lowest BCUT2D eigenvalue weighted by molar-refractivity contribution is -0.138. The van der Waals surface area contributed by atoms with Crippen molar-refractivity contribution in [3.05, 3.63) is 29.3 Å². The molecule has 0 bridgehead atoms. The molecule has 0 aliphatic carbocycles. The maximum Gasteiger partial charge on any atom is 0.416 e. The molecule has 0 fully saturated rings. The van der Waals surface area contributed by atoms with E-state index < -0.39 is 11.7 Å². The maximum absolute atomic E-state index is 12.8. The Balaban J connectivity index is 3.12. The van der Waals surface area contributed by atoms with Crippen molar-refractivity contribution in [2.75, 3.05) is 25.5 Å². The molecule has 0 saturated carbocycles. The number of aryl methyl sites for hydroxylation is 1. The number of benzene rings is 1. The quantitative estimate of drug-likeness (QED) is 0.885. The second-order valence-electron chi connectivity index (χ2n) is 4.13. The molecule has 1 aromatic carbocycles. The van der Waals surface area contributed by atoms with Gasteiger partial charge in [-0.05, 0) is 43.1 Å². The molecule has 1 rings (SSSR count). The highest BCUT2D eigenvalue weighted by Crippen LogP contribution is 2.34. The number of alkyl halides is 3. The van der Waals surface area contributed by atoms with Crippen LogP contribution in [-0.4, -0.2) is 20.6 Å². The van der Waals surface area contributed by atoms with Gasteiger partial charge in [-0.3, -0.25) is 0 Å². The first-order valence-electron chi connectivity index (χ1n) is 5.43. The van der Waals surface area contributed by atoms with E-state index in [0.717, 1.165) is 11.8 Å². The molecule has 96 valence electrons. The molecular formula is C12H17F3N2. The zero-order valence-corrected chi connectivity index (χ0v) is 10.0. The molecule has 2 N–H and O–H groups in total. The van der Waals surface area contributed by atoms with Gasteiger partial charge in [0.15, 0.2) is 0 Å². The Kier molecular flexibility index (Phi) is 4.40. The van der Waals surface area contributed by atoms with Crippen LogP contribution >= 0.6 is 0 Å². The van der Waals surface area contributed by atoms with Crippen molar-refractivity contribution in [1.29, 1.82) is 0 Å². The summed E-state index contributed by atoms with van der Waals surface area (Å²) in [6.45, 7) is 0.392. The monoisotopic (exact) mass is 246 g/mol. The summed E-state index contributed by atoms with van der Waals surface area (Å²) in [5.41, 5.74) is 5.87. The molecule has 0 aliphatic heterocycles. The number of hydrogen-bond acceptors (Lipinski definition) is 2. The number of halogens is 3. The lowest BCUT2D eigenvalue weighted by atomic mass is 10.0. The predicted octanol–water partition coefficient (Wildman–Crippen LogP) is 2.66. The molecule has 0 unspecified atom stereocenters. The second-order valence-corrected chi connectivity index (χ2v) is 4.13. The predicted molar refractivity (Wildman–Crippen MR) is 63.1 cm³/mol. The number of hydrogen-bond donors (Lipinski definition) is 1. The minimum absolute atomic E-state index is 0.314. The Morgan fingerprint density at radius 1 is 1.24 bits per heavy atom. The molecule has 0 radical (unpaired) electrons. The summed E-state index contributed by atoms with van der Waals surface area (Å²) >= 11 is 0. The molecule has 0 aromatic heterocycles. The average molecular weight is 246 g/mol. The molecule has 0 spiro atoms. The van der Waals surface area contributed by atoms with E-state index in [0.29, 0.717) is 24.9 Å². The van der Waals surface area contributed by atoms with Crippen LogP contribution in [0.5, 0.6) is 0 Å². The zero-order valence-electron chi connectivity index (χ0n) is 10.0. The third kappa shape index (κ3) is 3.63. The third-order valence-corrected chi connectivity index (χ3v) is 2.56. The summed E-state index contributed by atoms with van der Waals surface area (Å²) in [4.78, 5) is 1.78.